The molecule has 0 saturated carbocycles. The Hall–Kier alpha value is -3.30. The van der Waals surface area contributed by atoms with E-state index in [2.05, 4.69) is 57.1 Å². The summed E-state index contributed by atoms with van der Waals surface area (Å²) in [6, 6.07) is 10.1. The highest BCUT2D eigenvalue weighted by atomic mass is 32.2. The minimum atomic E-state index is -0.400. The predicted molar refractivity (Wildman–Crippen MR) is 136 cm³/mol. The van der Waals surface area contributed by atoms with Gasteiger partial charge >= 0.3 is 0 Å². The van der Waals surface area contributed by atoms with Crippen LogP contribution in [0.5, 0.6) is 0 Å². The van der Waals surface area contributed by atoms with Gasteiger partial charge < -0.3 is 4.90 Å². The van der Waals surface area contributed by atoms with E-state index in [9.17, 15) is 9.59 Å². The molecule has 174 valence electrons. The van der Waals surface area contributed by atoms with Crippen LogP contribution in [0.4, 0.5) is 10.5 Å². The summed E-state index contributed by atoms with van der Waals surface area (Å²) in [7, 11) is 0. The van der Waals surface area contributed by atoms with E-state index in [1.807, 2.05) is 6.07 Å². The Morgan fingerprint density at radius 2 is 1.91 bits per heavy atom. The van der Waals surface area contributed by atoms with Gasteiger partial charge in [-0.15, -0.1) is 0 Å². The number of benzene rings is 1. The summed E-state index contributed by atoms with van der Waals surface area (Å²) in [5.74, 6) is -0.400. The third-order valence-electron chi connectivity index (χ3n) is 6.15. The number of amides is 2. The van der Waals surface area contributed by atoms with Gasteiger partial charge in [0, 0.05) is 37.4 Å². The van der Waals surface area contributed by atoms with E-state index in [0.717, 1.165) is 61.3 Å². The third kappa shape index (κ3) is 4.53. The number of hydrogen-bond acceptors (Lipinski definition) is 8. The maximum atomic E-state index is 11.9. The van der Waals surface area contributed by atoms with Crippen molar-refractivity contribution in [3.8, 4) is 11.3 Å². The zero-order chi connectivity index (χ0) is 23.7. The minimum Gasteiger partial charge on any atom is -0.369 e. The Bertz CT molecular complexity index is 1300. The monoisotopic (exact) mass is 474 g/mol. The molecule has 3 aromatic rings. The van der Waals surface area contributed by atoms with Crippen LogP contribution in [0.15, 0.2) is 41.6 Å². The highest BCUT2D eigenvalue weighted by molar-refractivity contribution is 8.18. The smallest absolute Gasteiger partial charge is 0.290 e. The number of nitrogens with one attached hydrogen (secondary N) is 1. The van der Waals surface area contributed by atoms with E-state index in [0.29, 0.717) is 16.1 Å². The number of aryl methyl sites for hydroxylation is 1. The van der Waals surface area contributed by atoms with Crippen LogP contribution in [-0.4, -0.2) is 63.7 Å². The molecule has 34 heavy (non-hydrogen) atoms. The fourth-order valence-corrected chi connectivity index (χ4v) is 5.16. The van der Waals surface area contributed by atoms with Crippen LogP contribution in [0.2, 0.25) is 0 Å². The molecule has 0 bridgehead atoms. The number of nitrogens with zero attached hydrogens (tertiary/aromatic N) is 5. The number of imide groups is 1. The highest BCUT2D eigenvalue weighted by Crippen LogP contribution is 2.31. The number of rotatable bonds is 5. The van der Waals surface area contributed by atoms with Crippen molar-refractivity contribution in [1.82, 2.24) is 25.2 Å². The van der Waals surface area contributed by atoms with Gasteiger partial charge in [0.1, 0.15) is 11.8 Å². The number of hydrogen-bond donors (Lipinski definition) is 1. The van der Waals surface area contributed by atoms with Crippen LogP contribution >= 0.6 is 11.8 Å². The lowest BCUT2D eigenvalue weighted by Gasteiger charge is -2.36. The van der Waals surface area contributed by atoms with Gasteiger partial charge in [0.15, 0.2) is 0 Å². The van der Waals surface area contributed by atoms with Crippen LogP contribution in [0.25, 0.3) is 28.4 Å². The predicted octanol–water partition coefficient (Wildman–Crippen LogP) is 3.86. The van der Waals surface area contributed by atoms with Crippen molar-refractivity contribution in [2.24, 2.45) is 0 Å². The molecule has 5 rings (SSSR count). The number of carbonyl (C=O) groups excluding carboxylic acids is 2. The standard InChI is InChI=1S/C25H26N6O2S/c1-3-8-30-9-11-31(12-10-30)20-7-4-17(13-16(20)2)22-23-19(26-15-27-22)6-5-18(28-23)14-21-24(32)29-25(33)34-21/h4-7,13-15H,3,8-12H2,1-2H3,(H,29,32,33). The van der Waals surface area contributed by atoms with Gasteiger partial charge in [-0.3, -0.25) is 19.8 Å². The lowest BCUT2D eigenvalue weighted by molar-refractivity contribution is -0.115. The largest absolute Gasteiger partial charge is 0.369 e. The third-order valence-corrected chi connectivity index (χ3v) is 6.96. The van der Waals surface area contributed by atoms with Crippen LogP contribution in [0, 0.1) is 6.92 Å². The average Bonchev–Trinajstić information content (AvgIpc) is 3.15. The molecule has 8 nitrogen and oxygen atoms in total. The molecule has 2 aromatic heterocycles. The molecular formula is C25H26N6O2S. The average molecular weight is 475 g/mol. The summed E-state index contributed by atoms with van der Waals surface area (Å²) < 4.78 is 0. The Morgan fingerprint density at radius 1 is 1.09 bits per heavy atom. The lowest BCUT2D eigenvalue weighted by Crippen LogP contribution is -2.46. The van der Waals surface area contributed by atoms with Crippen molar-refractivity contribution in [3.63, 3.8) is 0 Å². The summed E-state index contributed by atoms with van der Waals surface area (Å²) in [4.78, 5) is 42.3. The first kappa shape index (κ1) is 22.5. The molecular weight excluding hydrogens is 448 g/mol. The zero-order valence-corrected chi connectivity index (χ0v) is 20.1. The molecule has 2 aliphatic rings. The van der Waals surface area contributed by atoms with Crippen molar-refractivity contribution in [2.45, 2.75) is 20.3 Å². The van der Waals surface area contributed by atoms with Crippen molar-refractivity contribution in [2.75, 3.05) is 37.6 Å². The molecule has 2 saturated heterocycles. The van der Waals surface area contributed by atoms with Crippen LogP contribution in [0.3, 0.4) is 0 Å². The first-order chi connectivity index (χ1) is 16.5. The summed E-state index contributed by atoms with van der Waals surface area (Å²) in [5.41, 5.74) is 6.13. The fraction of sp³-hybridized carbons (Fsp3) is 0.320. The summed E-state index contributed by atoms with van der Waals surface area (Å²) in [6.07, 6.45) is 4.36. The maximum absolute atomic E-state index is 11.9. The Balaban J connectivity index is 1.45. The van der Waals surface area contributed by atoms with Gasteiger partial charge in [0.05, 0.1) is 21.8 Å². The van der Waals surface area contributed by atoms with E-state index in [4.69, 9.17) is 4.98 Å². The minimum absolute atomic E-state index is 0.328. The van der Waals surface area contributed by atoms with Gasteiger partial charge in [-0.25, -0.2) is 15.0 Å². The second kappa shape index (κ2) is 9.52. The molecule has 0 unspecified atom stereocenters. The highest BCUT2D eigenvalue weighted by Gasteiger charge is 2.25. The van der Waals surface area contributed by atoms with E-state index in [1.54, 1.807) is 18.5 Å². The second-order valence-corrected chi connectivity index (χ2v) is 9.52. The molecule has 2 aliphatic heterocycles. The Morgan fingerprint density at radius 3 is 2.62 bits per heavy atom. The van der Waals surface area contributed by atoms with Gasteiger partial charge in [-0.1, -0.05) is 13.0 Å². The van der Waals surface area contributed by atoms with Crippen LogP contribution in [0.1, 0.15) is 24.6 Å². The summed E-state index contributed by atoms with van der Waals surface area (Å²) in [5, 5.41) is 1.89. The number of piperazine rings is 1. The number of thioether (sulfide) groups is 1. The van der Waals surface area contributed by atoms with Crippen molar-refractivity contribution < 1.29 is 9.59 Å². The maximum Gasteiger partial charge on any atom is 0.290 e. The summed E-state index contributed by atoms with van der Waals surface area (Å²) in [6.45, 7) is 9.78. The first-order valence-electron chi connectivity index (χ1n) is 11.5. The molecule has 0 spiro atoms. The second-order valence-electron chi connectivity index (χ2n) is 8.51. The topological polar surface area (TPSA) is 91.3 Å². The molecule has 0 aliphatic carbocycles. The first-order valence-corrected chi connectivity index (χ1v) is 12.3. The SMILES string of the molecule is CCCN1CCN(c2ccc(-c3ncnc4ccc(C=C5SC(=O)NC5=O)nc34)cc2C)CC1. The van der Waals surface area contributed by atoms with Crippen molar-refractivity contribution >= 4 is 45.7 Å². The molecule has 4 heterocycles. The lowest BCUT2D eigenvalue weighted by atomic mass is 10.0. The molecule has 0 radical (unpaired) electrons. The number of aromatic nitrogens is 3. The Kier molecular flexibility index (Phi) is 6.30. The van der Waals surface area contributed by atoms with Gasteiger partial charge in [0.2, 0.25) is 0 Å². The fourth-order valence-electron chi connectivity index (χ4n) is 4.49. The number of anilines is 1. The Labute approximate surface area is 202 Å². The van der Waals surface area contributed by atoms with Crippen LogP contribution < -0.4 is 10.2 Å². The van der Waals surface area contributed by atoms with Crippen LogP contribution in [-0.2, 0) is 4.79 Å². The van der Waals surface area contributed by atoms with Gasteiger partial charge in [-0.2, -0.15) is 0 Å². The molecule has 9 heteroatoms. The molecule has 1 N–H and O–H groups in total. The van der Waals surface area contributed by atoms with E-state index in [-0.39, 0.29) is 5.24 Å². The number of carbonyl (C=O) groups is 2. The van der Waals surface area contributed by atoms with Crippen molar-refractivity contribution in [1.29, 1.82) is 0 Å². The normalized spacial score (nSPS) is 18.2. The number of fused-ring (bicyclic) bond motifs is 1. The van der Waals surface area contributed by atoms with Gasteiger partial charge in [-0.05, 0) is 67.6 Å². The number of pyridine rings is 1. The summed E-state index contributed by atoms with van der Waals surface area (Å²) >= 11 is 0.877. The molecule has 2 fully saturated rings. The van der Waals surface area contributed by atoms with E-state index in [1.165, 1.54) is 17.7 Å². The van der Waals surface area contributed by atoms with E-state index < -0.39 is 5.91 Å². The molecule has 2 amide bonds. The van der Waals surface area contributed by atoms with Crippen molar-refractivity contribution in [3.05, 3.63) is 52.8 Å². The van der Waals surface area contributed by atoms with Gasteiger partial charge in [0.25, 0.3) is 11.1 Å². The molecule has 0 atom stereocenters. The zero-order valence-electron chi connectivity index (χ0n) is 19.2. The molecule has 1 aromatic carbocycles. The van der Waals surface area contributed by atoms with E-state index >= 15 is 0 Å². The quantitative estimate of drug-likeness (QED) is 0.558.